The van der Waals surface area contributed by atoms with Crippen LogP contribution in [0.1, 0.15) is 27.2 Å². The molecule has 128 valence electrons. The van der Waals surface area contributed by atoms with E-state index < -0.39 is 33.5 Å². The first-order chi connectivity index (χ1) is 10.6. The highest BCUT2D eigenvalue weighted by atomic mass is 32.2. The van der Waals surface area contributed by atoms with Crippen molar-refractivity contribution in [3.63, 3.8) is 0 Å². The van der Waals surface area contributed by atoms with Gasteiger partial charge in [0.1, 0.15) is 12.2 Å². The van der Waals surface area contributed by atoms with Crippen LogP contribution >= 0.6 is 11.8 Å². The van der Waals surface area contributed by atoms with Gasteiger partial charge in [-0.1, -0.05) is 32.2 Å². The van der Waals surface area contributed by atoms with Crippen molar-refractivity contribution >= 4 is 33.0 Å². The monoisotopic (exact) mass is 360 g/mol. The minimum Gasteiger partial charge on any atom is -0.459 e. The molecule has 23 heavy (non-hydrogen) atoms. The molecule has 5 unspecified atom stereocenters. The third kappa shape index (κ3) is 2.55. The van der Waals surface area contributed by atoms with E-state index >= 15 is 0 Å². The molecule has 2 saturated carbocycles. The lowest BCUT2D eigenvalue weighted by Gasteiger charge is -2.26. The molecule has 0 spiro atoms. The summed E-state index contributed by atoms with van der Waals surface area (Å²) >= 11 is 0.843. The van der Waals surface area contributed by atoms with Gasteiger partial charge in [-0.05, 0) is 24.3 Å². The second-order valence-corrected chi connectivity index (χ2v) is 9.82. The van der Waals surface area contributed by atoms with E-state index in [1.807, 2.05) is 13.8 Å². The summed E-state index contributed by atoms with van der Waals surface area (Å²) in [6.07, 6.45) is -0.687. The lowest BCUT2D eigenvalue weighted by Crippen LogP contribution is -2.37. The fraction of sp³-hybridized carbons (Fsp3) is 0.733. The van der Waals surface area contributed by atoms with Crippen molar-refractivity contribution in [2.45, 2.75) is 44.6 Å². The van der Waals surface area contributed by atoms with Crippen LogP contribution in [0.4, 0.5) is 0 Å². The van der Waals surface area contributed by atoms with E-state index in [9.17, 15) is 18.0 Å². The SMILES string of the molecule is C=C(C)C(=O)SCC(=O)OC1C2OS(=O)(=O)C3CC1C(C)(C)C23. The van der Waals surface area contributed by atoms with Crippen LogP contribution in [0.5, 0.6) is 0 Å². The lowest BCUT2D eigenvalue weighted by atomic mass is 9.81. The van der Waals surface area contributed by atoms with Crippen molar-refractivity contribution in [3.05, 3.63) is 12.2 Å². The predicted molar refractivity (Wildman–Crippen MR) is 85.1 cm³/mol. The zero-order valence-electron chi connectivity index (χ0n) is 13.3. The van der Waals surface area contributed by atoms with Gasteiger partial charge in [0.15, 0.2) is 0 Å². The molecule has 0 aromatic rings. The van der Waals surface area contributed by atoms with Crippen LogP contribution < -0.4 is 0 Å². The third-order valence-corrected chi connectivity index (χ3v) is 8.04. The number of hydrogen-bond acceptors (Lipinski definition) is 7. The van der Waals surface area contributed by atoms with Crippen molar-refractivity contribution in [2.75, 3.05) is 5.75 Å². The van der Waals surface area contributed by atoms with Crippen molar-refractivity contribution in [1.29, 1.82) is 0 Å². The average molecular weight is 360 g/mol. The van der Waals surface area contributed by atoms with E-state index in [-0.39, 0.29) is 28.1 Å². The van der Waals surface area contributed by atoms with Gasteiger partial charge in [0.25, 0.3) is 10.1 Å². The first-order valence-corrected chi connectivity index (χ1v) is 9.95. The van der Waals surface area contributed by atoms with Gasteiger partial charge in [-0.3, -0.25) is 13.8 Å². The summed E-state index contributed by atoms with van der Waals surface area (Å²) in [5.74, 6) is -0.809. The topological polar surface area (TPSA) is 86.7 Å². The van der Waals surface area contributed by atoms with Crippen LogP contribution in [0.15, 0.2) is 12.2 Å². The fourth-order valence-electron chi connectivity index (χ4n) is 4.27. The maximum Gasteiger partial charge on any atom is 0.316 e. The molecule has 1 saturated heterocycles. The Morgan fingerprint density at radius 1 is 1.39 bits per heavy atom. The number of esters is 1. The first kappa shape index (κ1) is 17.0. The minimum absolute atomic E-state index is 0.0365. The van der Waals surface area contributed by atoms with E-state index in [4.69, 9.17) is 8.92 Å². The normalized spacial score (nSPS) is 38.5. The molecule has 3 fully saturated rings. The molecule has 3 aliphatic rings. The van der Waals surface area contributed by atoms with Gasteiger partial charge < -0.3 is 4.74 Å². The minimum atomic E-state index is -3.57. The molecule has 0 aromatic carbocycles. The number of hydrogen-bond donors (Lipinski definition) is 0. The molecule has 2 bridgehead atoms. The van der Waals surface area contributed by atoms with Crippen LogP contribution in [0.2, 0.25) is 0 Å². The number of thioether (sulfide) groups is 1. The van der Waals surface area contributed by atoms with Gasteiger partial charge in [0, 0.05) is 11.8 Å². The van der Waals surface area contributed by atoms with Crippen LogP contribution in [-0.2, 0) is 28.6 Å². The molecule has 1 aliphatic heterocycles. The van der Waals surface area contributed by atoms with Crippen molar-refractivity contribution in [2.24, 2.45) is 17.3 Å². The van der Waals surface area contributed by atoms with Crippen LogP contribution in [0, 0.1) is 17.3 Å². The second kappa shape index (κ2) is 5.32. The highest BCUT2D eigenvalue weighted by molar-refractivity contribution is 8.14. The molecular weight excluding hydrogens is 340 g/mol. The Kier molecular flexibility index (Phi) is 3.93. The van der Waals surface area contributed by atoms with Gasteiger partial charge in [-0.25, -0.2) is 0 Å². The van der Waals surface area contributed by atoms with E-state index in [1.54, 1.807) is 6.92 Å². The zero-order chi connectivity index (χ0) is 17.2. The van der Waals surface area contributed by atoms with Crippen molar-refractivity contribution in [1.82, 2.24) is 0 Å². The summed E-state index contributed by atoms with van der Waals surface area (Å²) in [6.45, 7) is 9.12. The third-order valence-electron chi connectivity index (χ3n) is 5.33. The summed E-state index contributed by atoms with van der Waals surface area (Å²) in [4.78, 5) is 23.5. The Hall–Kier alpha value is -0.860. The van der Waals surface area contributed by atoms with Gasteiger partial charge in [-0.2, -0.15) is 8.42 Å². The van der Waals surface area contributed by atoms with E-state index in [0.717, 1.165) is 11.8 Å². The maximum atomic E-state index is 12.1. The molecule has 0 aromatic heterocycles. The molecule has 6 nitrogen and oxygen atoms in total. The molecule has 0 amide bonds. The predicted octanol–water partition coefficient (Wildman–Crippen LogP) is 1.51. The number of fused-ring (bicyclic) bond motifs is 1. The summed E-state index contributed by atoms with van der Waals surface area (Å²) < 4.78 is 34.9. The Balaban J connectivity index is 1.70. The van der Waals surface area contributed by atoms with Crippen molar-refractivity contribution < 1.29 is 26.9 Å². The van der Waals surface area contributed by atoms with Gasteiger partial charge in [0.2, 0.25) is 5.12 Å². The Bertz CT molecular complexity index is 680. The Labute approximate surface area is 140 Å². The fourth-order valence-corrected chi connectivity index (χ4v) is 6.83. The summed E-state index contributed by atoms with van der Waals surface area (Å²) in [5, 5.41) is -0.739. The van der Waals surface area contributed by atoms with Crippen LogP contribution in [-0.4, -0.2) is 42.7 Å². The molecule has 0 N–H and O–H groups in total. The molecular formula is C15H20O6S2. The van der Waals surface area contributed by atoms with Gasteiger partial charge in [-0.15, -0.1) is 0 Å². The van der Waals surface area contributed by atoms with E-state index in [1.165, 1.54) is 0 Å². The highest BCUT2D eigenvalue weighted by Crippen LogP contribution is 2.64. The summed E-state index contributed by atoms with van der Waals surface area (Å²) in [5.41, 5.74) is 0.127. The Morgan fingerprint density at radius 3 is 2.65 bits per heavy atom. The smallest absolute Gasteiger partial charge is 0.316 e. The number of ether oxygens (including phenoxy) is 1. The summed E-state index contributed by atoms with van der Waals surface area (Å²) in [7, 11) is -3.57. The van der Waals surface area contributed by atoms with Gasteiger partial charge >= 0.3 is 5.97 Å². The molecule has 1 heterocycles. The molecule has 5 atom stereocenters. The van der Waals surface area contributed by atoms with Crippen LogP contribution in [0.3, 0.4) is 0 Å². The molecule has 3 rings (SSSR count). The Morgan fingerprint density at radius 2 is 2.04 bits per heavy atom. The number of rotatable bonds is 4. The average Bonchev–Trinajstić information content (AvgIpc) is 2.90. The standard InChI is InChI=1S/C15H20O6S2/c1-7(2)14(17)22-6-10(16)20-12-8-5-9-11(15(8,3)4)13(12)21-23(9,18)19/h8-9,11-13H,1,5-6H2,2-4H3. The molecule has 0 radical (unpaired) electrons. The highest BCUT2D eigenvalue weighted by Gasteiger charge is 2.73. The molecule has 2 aliphatic carbocycles. The van der Waals surface area contributed by atoms with E-state index in [0.29, 0.717) is 12.0 Å². The largest absolute Gasteiger partial charge is 0.459 e. The molecule has 8 heteroatoms. The first-order valence-electron chi connectivity index (χ1n) is 7.50. The van der Waals surface area contributed by atoms with Gasteiger partial charge in [0.05, 0.1) is 11.0 Å². The maximum absolute atomic E-state index is 12.1. The van der Waals surface area contributed by atoms with E-state index in [2.05, 4.69) is 6.58 Å². The zero-order valence-corrected chi connectivity index (χ0v) is 14.9. The second-order valence-electron chi connectivity index (χ2n) is 7.09. The van der Waals surface area contributed by atoms with Crippen LogP contribution in [0.25, 0.3) is 0 Å². The quantitative estimate of drug-likeness (QED) is 0.427. The lowest BCUT2D eigenvalue weighted by molar-refractivity contribution is -0.153. The van der Waals surface area contributed by atoms with Crippen molar-refractivity contribution in [3.8, 4) is 0 Å². The number of carbonyl (C=O) groups is 2. The summed E-state index contributed by atoms with van der Waals surface area (Å²) in [6, 6.07) is 0. The number of carbonyl (C=O) groups excluding carboxylic acids is 2.